The van der Waals surface area contributed by atoms with Gasteiger partial charge in [-0.2, -0.15) is 0 Å². The molecule has 3 heterocycles. The highest BCUT2D eigenvalue weighted by Crippen LogP contribution is 2.35. The highest BCUT2D eigenvalue weighted by atomic mass is 16.5. The van der Waals surface area contributed by atoms with Crippen molar-refractivity contribution in [2.75, 3.05) is 26.3 Å². The Balaban J connectivity index is 1.52. The molecule has 2 atom stereocenters. The molecule has 2 aliphatic heterocycles. The number of carbonyl (C=O) groups excluding carboxylic acids is 1. The largest absolute Gasteiger partial charge is 0.492 e. The van der Waals surface area contributed by atoms with Gasteiger partial charge in [0.1, 0.15) is 30.7 Å². The van der Waals surface area contributed by atoms with Crippen LogP contribution in [0.1, 0.15) is 23.4 Å². The average Bonchev–Trinajstić information content (AvgIpc) is 3.20. The van der Waals surface area contributed by atoms with Crippen LogP contribution in [-0.2, 0) is 16.6 Å². The second-order valence-electron chi connectivity index (χ2n) is 5.85. The first-order chi connectivity index (χ1) is 11.2. The number of ether oxygens (including phenoxy) is 2. The van der Waals surface area contributed by atoms with Gasteiger partial charge in [-0.05, 0) is 6.07 Å². The van der Waals surface area contributed by atoms with Crippen LogP contribution in [0.2, 0.25) is 0 Å². The van der Waals surface area contributed by atoms with Gasteiger partial charge < -0.3 is 18.9 Å². The monoisotopic (exact) mass is 314 g/mol. The first kappa shape index (κ1) is 14.2. The SMILES string of the molecule is Cn1cnnc1[C@@H]1CN(C(=O)[C@H]2COc3ccccc32)CCO1. The van der Waals surface area contributed by atoms with Gasteiger partial charge in [0.15, 0.2) is 5.82 Å². The summed E-state index contributed by atoms with van der Waals surface area (Å²) in [5.41, 5.74) is 0.971. The van der Waals surface area contributed by atoms with Gasteiger partial charge in [-0.25, -0.2) is 0 Å². The number of carbonyl (C=O) groups is 1. The van der Waals surface area contributed by atoms with E-state index in [1.807, 2.05) is 40.8 Å². The summed E-state index contributed by atoms with van der Waals surface area (Å²) < 4.78 is 13.2. The normalized spacial score (nSPS) is 23.4. The van der Waals surface area contributed by atoms with Crippen LogP contribution in [0.3, 0.4) is 0 Å². The molecule has 23 heavy (non-hydrogen) atoms. The van der Waals surface area contributed by atoms with Crippen LogP contribution in [0.25, 0.3) is 0 Å². The zero-order valence-electron chi connectivity index (χ0n) is 12.9. The van der Waals surface area contributed by atoms with Crippen LogP contribution in [0.4, 0.5) is 0 Å². The molecule has 0 radical (unpaired) electrons. The Labute approximate surface area is 133 Å². The van der Waals surface area contributed by atoms with E-state index >= 15 is 0 Å². The lowest BCUT2D eigenvalue weighted by molar-refractivity contribution is -0.141. The van der Waals surface area contributed by atoms with Gasteiger partial charge in [0, 0.05) is 19.2 Å². The summed E-state index contributed by atoms with van der Waals surface area (Å²) in [5.74, 6) is 1.41. The molecule has 0 saturated carbocycles. The molecule has 1 aromatic carbocycles. The van der Waals surface area contributed by atoms with E-state index in [-0.39, 0.29) is 17.9 Å². The fourth-order valence-electron chi connectivity index (χ4n) is 3.18. The van der Waals surface area contributed by atoms with Crippen molar-refractivity contribution >= 4 is 5.91 Å². The maximum atomic E-state index is 12.9. The summed E-state index contributed by atoms with van der Waals surface area (Å²) in [5, 5.41) is 7.98. The Kier molecular flexibility index (Phi) is 3.49. The number of morpholine rings is 1. The maximum absolute atomic E-state index is 12.9. The van der Waals surface area contributed by atoms with Gasteiger partial charge in [0.25, 0.3) is 0 Å². The third-order valence-corrected chi connectivity index (χ3v) is 4.41. The quantitative estimate of drug-likeness (QED) is 0.823. The van der Waals surface area contributed by atoms with Crippen LogP contribution < -0.4 is 4.74 Å². The van der Waals surface area contributed by atoms with Gasteiger partial charge in [0.2, 0.25) is 5.91 Å². The second-order valence-corrected chi connectivity index (χ2v) is 5.85. The summed E-state index contributed by atoms with van der Waals surface area (Å²) >= 11 is 0. The molecular formula is C16H18N4O3. The third-order valence-electron chi connectivity index (χ3n) is 4.41. The Hall–Kier alpha value is -2.41. The van der Waals surface area contributed by atoms with E-state index in [2.05, 4.69) is 10.2 Å². The van der Waals surface area contributed by atoms with E-state index in [1.165, 1.54) is 0 Å². The molecule has 0 aliphatic carbocycles. The predicted molar refractivity (Wildman–Crippen MR) is 81.0 cm³/mol. The molecule has 0 spiro atoms. The zero-order valence-corrected chi connectivity index (χ0v) is 12.9. The summed E-state index contributed by atoms with van der Waals surface area (Å²) in [6.07, 6.45) is 1.40. The van der Waals surface area contributed by atoms with E-state index in [0.717, 1.165) is 17.1 Å². The molecule has 2 aromatic rings. The molecule has 0 bridgehead atoms. The number of fused-ring (bicyclic) bond motifs is 1. The Morgan fingerprint density at radius 1 is 1.35 bits per heavy atom. The zero-order chi connectivity index (χ0) is 15.8. The molecule has 120 valence electrons. The molecule has 0 N–H and O–H groups in total. The molecule has 7 heteroatoms. The van der Waals surface area contributed by atoms with Crippen molar-refractivity contribution < 1.29 is 14.3 Å². The molecule has 1 saturated heterocycles. The van der Waals surface area contributed by atoms with Crippen molar-refractivity contribution in [1.82, 2.24) is 19.7 Å². The second kappa shape index (κ2) is 5.66. The first-order valence-electron chi connectivity index (χ1n) is 7.70. The van der Waals surface area contributed by atoms with Gasteiger partial charge in [-0.15, -0.1) is 10.2 Å². The molecule has 1 amide bonds. The number of rotatable bonds is 2. The fraction of sp³-hybridized carbons (Fsp3) is 0.438. The number of aryl methyl sites for hydroxylation is 1. The number of hydrogen-bond acceptors (Lipinski definition) is 5. The lowest BCUT2D eigenvalue weighted by atomic mass is 9.99. The number of benzene rings is 1. The number of hydrogen-bond donors (Lipinski definition) is 0. The Morgan fingerprint density at radius 3 is 3.04 bits per heavy atom. The first-order valence-corrected chi connectivity index (χ1v) is 7.70. The summed E-state index contributed by atoms with van der Waals surface area (Å²) in [6, 6.07) is 7.73. The average molecular weight is 314 g/mol. The molecule has 1 fully saturated rings. The Morgan fingerprint density at radius 2 is 2.22 bits per heavy atom. The van der Waals surface area contributed by atoms with Crippen LogP contribution in [0.15, 0.2) is 30.6 Å². The van der Waals surface area contributed by atoms with Crippen molar-refractivity contribution in [2.24, 2.45) is 7.05 Å². The number of aromatic nitrogens is 3. The van der Waals surface area contributed by atoms with E-state index < -0.39 is 0 Å². The lowest BCUT2D eigenvalue weighted by Crippen LogP contribution is -2.45. The smallest absolute Gasteiger partial charge is 0.233 e. The van der Waals surface area contributed by atoms with Crippen LogP contribution >= 0.6 is 0 Å². The van der Waals surface area contributed by atoms with E-state index in [1.54, 1.807) is 6.33 Å². The standard InChI is InChI=1S/C16H18N4O3/c1-19-10-17-18-15(19)14-8-20(6-7-22-14)16(21)12-9-23-13-5-3-2-4-11(12)13/h2-5,10,12,14H,6-9H2,1H3/t12-,14-/m0/s1. The molecule has 1 aromatic heterocycles. The summed E-state index contributed by atoms with van der Waals surface area (Å²) in [4.78, 5) is 14.8. The topological polar surface area (TPSA) is 69.5 Å². The van der Waals surface area contributed by atoms with Gasteiger partial charge >= 0.3 is 0 Å². The number of para-hydroxylation sites is 1. The molecule has 0 unspecified atom stereocenters. The van der Waals surface area contributed by atoms with Crippen molar-refractivity contribution in [3.05, 3.63) is 42.0 Å². The van der Waals surface area contributed by atoms with Crippen LogP contribution in [0, 0.1) is 0 Å². The van der Waals surface area contributed by atoms with Gasteiger partial charge in [-0.3, -0.25) is 4.79 Å². The van der Waals surface area contributed by atoms with Crippen LogP contribution in [-0.4, -0.2) is 51.9 Å². The van der Waals surface area contributed by atoms with Crippen LogP contribution in [0.5, 0.6) is 5.75 Å². The lowest BCUT2D eigenvalue weighted by Gasteiger charge is -2.33. The highest BCUT2D eigenvalue weighted by Gasteiger charge is 2.36. The van der Waals surface area contributed by atoms with Gasteiger partial charge in [-0.1, -0.05) is 18.2 Å². The minimum Gasteiger partial charge on any atom is -0.492 e. The molecule has 7 nitrogen and oxygen atoms in total. The number of amides is 1. The minimum absolute atomic E-state index is 0.0884. The van der Waals surface area contributed by atoms with Crippen molar-refractivity contribution in [3.63, 3.8) is 0 Å². The van der Waals surface area contributed by atoms with E-state index in [4.69, 9.17) is 9.47 Å². The fourth-order valence-corrected chi connectivity index (χ4v) is 3.18. The Bertz CT molecular complexity index is 730. The highest BCUT2D eigenvalue weighted by molar-refractivity contribution is 5.85. The predicted octanol–water partition coefficient (Wildman–Crippen LogP) is 0.891. The van der Waals surface area contributed by atoms with Gasteiger partial charge in [0.05, 0.1) is 13.2 Å². The van der Waals surface area contributed by atoms with Crippen molar-refractivity contribution in [3.8, 4) is 5.75 Å². The molecular weight excluding hydrogens is 296 g/mol. The van der Waals surface area contributed by atoms with E-state index in [0.29, 0.717) is 26.3 Å². The summed E-state index contributed by atoms with van der Waals surface area (Å²) in [6.45, 7) is 1.98. The van der Waals surface area contributed by atoms with Crippen molar-refractivity contribution in [2.45, 2.75) is 12.0 Å². The number of nitrogens with zero attached hydrogens (tertiary/aromatic N) is 4. The van der Waals surface area contributed by atoms with Crippen molar-refractivity contribution in [1.29, 1.82) is 0 Å². The molecule has 4 rings (SSSR count). The minimum atomic E-state index is -0.238. The van der Waals surface area contributed by atoms with E-state index in [9.17, 15) is 4.79 Å². The molecule has 2 aliphatic rings. The third kappa shape index (κ3) is 2.46. The summed E-state index contributed by atoms with van der Waals surface area (Å²) in [7, 11) is 1.88. The maximum Gasteiger partial charge on any atom is 0.233 e.